The van der Waals surface area contributed by atoms with Crippen molar-refractivity contribution < 1.29 is 0 Å². The Labute approximate surface area is 111 Å². The van der Waals surface area contributed by atoms with Gasteiger partial charge in [0.05, 0.1) is 11.0 Å². The van der Waals surface area contributed by atoms with E-state index in [4.69, 9.17) is 5.73 Å². The van der Waals surface area contributed by atoms with Gasteiger partial charge in [-0.15, -0.1) is 6.58 Å². The second-order valence-corrected chi connectivity index (χ2v) is 4.89. The maximum atomic E-state index is 5.87. The van der Waals surface area contributed by atoms with Crippen LogP contribution >= 0.6 is 11.8 Å². The summed E-state index contributed by atoms with van der Waals surface area (Å²) in [6.07, 6.45) is 1.90. The van der Waals surface area contributed by atoms with Crippen LogP contribution < -0.4 is 11.1 Å². The fourth-order valence-corrected chi connectivity index (χ4v) is 2.13. The van der Waals surface area contributed by atoms with Crippen molar-refractivity contribution in [3.8, 4) is 0 Å². The van der Waals surface area contributed by atoms with E-state index in [-0.39, 0.29) is 0 Å². The van der Waals surface area contributed by atoms with Gasteiger partial charge in [-0.05, 0) is 12.1 Å². The van der Waals surface area contributed by atoms with Crippen molar-refractivity contribution in [3.63, 3.8) is 0 Å². The molecule has 2 rings (SSSR count). The third-order valence-electron chi connectivity index (χ3n) is 2.37. The molecular formula is C13H16N4S. The number of nitrogens with zero attached hydrogens (tertiary/aromatic N) is 2. The smallest absolute Gasteiger partial charge is 0.169 e. The summed E-state index contributed by atoms with van der Waals surface area (Å²) in [6, 6.07) is 7.70. The minimum Gasteiger partial charge on any atom is -0.381 e. The highest BCUT2D eigenvalue weighted by molar-refractivity contribution is 7.99. The molecule has 0 fully saturated rings. The third kappa shape index (κ3) is 3.13. The number of hydrogen-bond acceptors (Lipinski definition) is 5. The maximum Gasteiger partial charge on any atom is 0.169 e. The maximum absolute atomic E-state index is 5.87. The zero-order chi connectivity index (χ0) is 12.8. The Morgan fingerprint density at radius 2 is 2.00 bits per heavy atom. The lowest BCUT2D eigenvalue weighted by Gasteiger charge is -2.08. The summed E-state index contributed by atoms with van der Waals surface area (Å²) in [4.78, 5) is 8.78. The van der Waals surface area contributed by atoms with Crippen LogP contribution in [0.2, 0.25) is 0 Å². The van der Waals surface area contributed by atoms with Gasteiger partial charge in [0.25, 0.3) is 0 Å². The fourth-order valence-electron chi connectivity index (χ4n) is 1.55. The minimum absolute atomic E-state index is 0.447. The molecule has 3 N–H and O–H groups in total. The van der Waals surface area contributed by atoms with Crippen LogP contribution in [0.1, 0.15) is 0 Å². The molecule has 1 aromatic carbocycles. The van der Waals surface area contributed by atoms with E-state index >= 15 is 0 Å². The van der Waals surface area contributed by atoms with Gasteiger partial charge in [0.2, 0.25) is 0 Å². The van der Waals surface area contributed by atoms with Crippen LogP contribution in [0.3, 0.4) is 0 Å². The van der Waals surface area contributed by atoms with E-state index in [1.165, 1.54) is 0 Å². The summed E-state index contributed by atoms with van der Waals surface area (Å²) in [5, 5.41) is 3.21. The molecule has 1 aromatic heterocycles. The lowest BCUT2D eigenvalue weighted by molar-refractivity contribution is 1.17. The zero-order valence-corrected chi connectivity index (χ0v) is 10.9. The van der Waals surface area contributed by atoms with E-state index in [1.807, 2.05) is 42.1 Å². The van der Waals surface area contributed by atoms with Gasteiger partial charge in [0.1, 0.15) is 0 Å². The van der Waals surface area contributed by atoms with Crippen molar-refractivity contribution in [2.75, 3.05) is 29.1 Å². The fraction of sp³-hybridized carbons (Fsp3) is 0.231. The van der Waals surface area contributed by atoms with Gasteiger partial charge in [-0.3, -0.25) is 0 Å². The summed E-state index contributed by atoms with van der Waals surface area (Å²) in [7, 11) is 0. The lowest BCUT2D eigenvalue weighted by Crippen LogP contribution is -2.09. The average molecular weight is 260 g/mol. The average Bonchev–Trinajstić information content (AvgIpc) is 2.39. The van der Waals surface area contributed by atoms with Crippen LogP contribution in [-0.2, 0) is 0 Å². The molecular weight excluding hydrogens is 244 g/mol. The van der Waals surface area contributed by atoms with Crippen LogP contribution in [-0.4, -0.2) is 28.0 Å². The number of rotatable bonds is 6. The number of hydrogen-bond donors (Lipinski definition) is 2. The molecule has 2 aromatic rings. The van der Waals surface area contributed by atoms with Gasteiger partial charge in [-0.1, -0.05) is 18.2 Å². The standard InChI is InChI=1S/C13H16N4S/c1-2-8-18-9-7-15-13-12(14)16-10-5-3-4-6-11(10)17-13/h2-6H,1,7-9H2,(H2,14,16)(H,15,17). The number of nitrogen functional groups attached to an aromatic ring is 1. The van der Waals surface area contributed by atoms with E-state index in [0.29, 0.717) is 11.6 Å². The van der Waals surface area contributed by atoms with Crippen molar-refractivity contribution in [3.05, 3.63) is 36.9 Å². The lowest BCUT2D eigenvalue weighted by atomic mass is 10.3. The quantitative estimate of drug-likeness (QED) is 0.617. The molecule has 0 saturated heterocycles. The molecule has 0 saturated carbocycles. The number of fused-ring (bicyclic) bond motifs is 1. The molecule has 0 aliphatic heterocycles. The molecule has 0 unspecified atom stereocenters. The zero-order valence-electron chi connectivity index (χ0n) is 10.1. The molecule has 94 valence electrons. The topological polar surface area (TPSA) is 63.8 Å². The molecule has 4 nitrogen and oxygen atoms in total. The van der Waals surface area contributed by atoms with E-state index in [9.17, 15) is 0 Å². The molecule has 0 amide bonds. The molecule has 5 heteroatoms. The summed E-state index contributed by atoms with van der Waals surface area (Å²) in [5.74, 6) is 3.05. The van der Waals surface area contributed by atoms with Crippen LogP contribution in [0.4, 0.5) is 11.6 Å². The van der Waals surface area contributed by atoms with E-state index in [1.54, 1.807) is 0 Å². The first kappa shape index (κ1) is 12.7. The Balaban J connectivity index is 2.03. The Hall–Kier alpha value is -1.75. The van der Waals surface area contributed by atoms with Gasteiger partial charge in [-0.2, -0.15) is 11.8 Å². The Morgan fingerprint density at radius 1 is 1.28 bits per heavy atom. The number of anilines is 2. The van der Waals surface area contributed by atoms with Gasteiger partial charge < -0.3 is 11.1 Å². The summed E-state index contributed by atoms with van der Waals surface area (Å²) in [5.41, 5.74) is 7.54. The van der Waals surface area contributed by atoms with E-state index in [0.717, 1.165) is 29.1 Å². The van der Waals surface area contributed by atoms with Crippen molar-refractivity contribution in [2.24, 2.45) is 0 Å². The van der Waals surface area contributed by atoms with Crippen molar-refractivity contribution in [1.82, 2.24) is 9.97 Å². The highest BCUT2D eigenvalue weighted by atomic mass is 32.2. The predicted molar refractivity (Wildman–Crippen MR) is 80.0 cm³/mol. The monoisotopic (exact) mass is 260 g/mol. The van der Waals surface area contributed by atoms with Gasteiger partial charge in [0, 0.05) is 18.1 Å². The Morgan fingerprint density at radius 3 is 2.72 bits per heavy atom. The van der Waals surface area contributed by atoms with Crippen LogP contribution in [0.25, 0.3) is 11.0 Å². The van der Waals surface area contributed by atoms with Gasteiger partial charge >= 0.3 is 0 Å². The first-order valence-electron chi connectivity index (χ1n) is 5.76. The predicted octanol–water partition coefficient (Wildman–Crippen LogP) is 2.54. The Kier molecular flexibility index (Phi) is 4.41. The third-order valence-corrected chi connectivity index (χ3v) is 3.34. The van der Waals surface area contributed by atoms with Crippen LogP contribution in [0.5, 0.6) is 0 Å². The molecule has 18 heavy (non-hydrogen) atoms. The number of nitrogens with two attached hydrogens (primary N) is 1. The second-order valence-electron chi connectivity index (χ2n) is 3.74. The largest absolute Gasteiger partial charge is 0.381 e. The molecule has 0 bridgehead atoms. The SMILES string of the molecule is C=CCSCCNc1nc2ccccc2nc1N. The van der Waals surface area contributed by atoms with Gasteiger partial charge in [-0.25, -0.2) is 9.97 Å². The van der Waals surface area contributed by atoms with E-state index in [2.05, 4.69) is 21.9 Å². The first-order chi connectivity index (χ1) is 8.81. The molecule has 0 spiro atoms. The number of nitrogens with one attached hydrogen (secondary N) is 1. The van der Waals surface area contributed by atoms with Crippen molar-refractivity contribution in [1.29, 1.82) is 0 Å². The summed E-state index contributed by atoms with van der Waals surface area (Å²) >= 11 is 1.81. The van der Waals surface area contributed by atoms with Crippen molar-refractivity contribution >= 4 is 34.4 Å². The van der Waals surface area contributed by atoms with E-state index < -0.39 is 0 Å². The minimum atomic E-state index is 0.447. The van der Waals surface area contributed by atoms with Crippen LogP contribution in [0.15, 0.2) is 36.9 Å². The molecule has 0 radical (unpaired) electrons. The number of thioether (sulfide) groups is 1. The molecule has 0 aliphatic rings. The molecule has 0 aliphatic carbocycles. The normalized spacial score (nSPS) is 10.4. The number of benzene rings is 1. The second kappa shape index (κ2) is 6.26. The van der Waals surface area contributed by atoms with Crippen LogP contribution in [0, 0.1) is 0 Å². The summed E-state index contributed by atoms with van der Waals surface area (Å²) < 4.78 is 0. The van der Waals surface area contributed by atoms with Crippen molar-refractivity contribution in [2.45, 2.75) is 0 Å². The molecule has 1 heterocycles. The summed E-state index contributed by atoms with van der Waals surface area (Å²) in [6.45, 7) is 4.50. The number of aromatic nitrogens is 2. The highest BCUT2D eigenvalue weighted by Gasteiger charge is 2.04. The highest BCUT2D eigenvalue weighted by Crippen LogP contribution is 2.18. The number of para-hydroxylation sites is 2. The first-order valence-corrected chi connectivity index (χ1v) is 6.91. The van der Waals surface area contributed by atoms with Gasteiger partial charge in [0.15, 0.2) is 11.6 Å². The Bertz CT molecular complexity index is 542. The molecule has 0 atom stereocenters.